The van der Waals surface area contributed by atoms with Crippen molar-refractivity contribution in [2.75, 3.05) is 26.8 Å². The van der Waals surface area contributed by atoms with Gasteiger partial charge in [-0.05, 0) is 12.8 Å². The molecular weight excluding hydrogens is 180 g/mol. The second-order valence-corrected chi connectivity index (χ2v) is 3.75. The van der Waals surface area contributed by atoms with E-state index < -0.39 is 0 Å². The molecule has 1 amide bonds. The van der Waals surface area contributed by atoms with Crippen molar-refractivity contribution in [3.05, 3.63) is 0 Å². The molecular formula is C10H20N2O2. The van der Waals surface area contributed by atoms with Crippen molar-refractivity contribution >= 4 is 5.91 Å². The van der Waals surface area contributed by atoms with Crippen molar-refractivity contribution in [1.82, 2.24) is 4.90 Å². The first-order chi connectivity index (χ1) is 6.79. The molecule has 1 rings (SSSR count). The van der Waals surface area contributed by atoms with Gasteiger partial charge in [-0.3, -0.25) is 4.79 Å². The van der Waals surface area contributed by atoms with E-state index >= 15 is 0 Å². The first-order valence-electron chi connectivity index (χ1n) is 5.28. The van der Waals surface area contributed by atoms with Gasteiger partial charge in [0.15, 0.2) is 0 Å². The van der Waals surface area contributed by atoms with Crippen LogP contribution >= 0.6 is 0 Å². The number of hydrogen-bond acceptors (Lipinski definition) is 3. The second kappa shape index (κ2) is 5.98. The maximum Gasteiger partial charge on any atom is 0.248 e. The van der Waals surface area contributed by atoms with Gasteiger partial charge >= 0.3 is 0 Å². The van der Waals surface area contributed by atoms with E-state index in [1.165, 1.54) is 12.8 Å². The minimum Gasteiger partial charge on any atom is -0.375 e. The van der Waals surface area contributed by atoms with Crippen molar-refractivity contribution in [1.29, 1.82) is 0 Å². The van der Waals surface area contributed by atoms with Crippen LogP contribution in [0.25, 0.3) is 0 Å². The molecule has 82 valence electrons. The predicted molar refractivity (Wildman–Crippen MR) is 54.9 cm³/mol. The Hall–Kier alpha value is -0.610. The zero-order valence-electron chi connectivity index (χ0n) is 8.87. The minimum absolute atomic E-state index is 0.0739. The van der Waals surface area contributed by atoms with Crippen molar-refractivity contribution in [2.45, 2.75) is 31.7 Å². The molecule has 1 aliphatic carbocycles. The standard InChI is InChI=1S/C10H20N2O2/c1-14-8-10(13)12(7-6-11)9-4-2-3-5-9/h9H,2-8,11H2,1H3. The number of nitrogens with two attached hydrogens (primary N) is 1. The summed E-state index contributed by atoms with van der Waals surface area (Å²) < 4.78 is 4.86. The van der Waals surface area contributed by atoms with E-state index in [4.69, 9.17) is 10.5 Å². The molecule has 0 bridgehead atoms. The highest BCUT2D eigenvalue weighted by molar-refractivity contribution is 5.77. The van der Waals surface area contributed by atoms with Gasteiger partial charge in [0, 0.05) is 26.2 Å². The van der Waals surface area contributed by atoms with Crippen LogP contribution in [0, 0.1) is 0 Å². The summed E-state index contributed by atoms with van der Waals surface area (Å²) in [6.07, 6.45) is 4.70. The predicted octanol–water partition coefficient (Wildman–Crippen LogP) is 0.363. The zero-order chi connectivity index (χ0) is 10.4. The van der Waals surface area contributed by atoms with Gasteiger partial charge in [0.05, 0.1) is 0 Å². The van der Waals surface area contributed by atoms with Crippen molar-refractivity contribution < 1.29 is 9.53 Å². The lowest BCUT2D eigenvalue weighted by molar-refractivity contribution is -0.137. The Morgan fingerprint density at radius 2 is 2.14 bits per heavy atom. The van der Waals surface area contributed by atoms with Crippen LogP contribution in [-0.4, -0.2) is 43.7 Å². The molecule has 0 spiro atoms. The molecule has 0 unspecified atom stereocenters. The minimum atomic E-state index is 0.0739. The largest absolute Gasteiger partial charge is 0.375 e. The smallest absolute Gasteiger partial charge is 0.248 e. The highest BCUT2D eigenvalue weighted by Gasteiger charge is 2.25. The lowest BCUT2D eigenvalue weighted by Crippen LogP contribution is -2.43. The summed E-state index contributed by atoms with van der Waals surface area (Å²) in [6.45, 7) is 1.37. The third-order valence-corrected chi connectivity index (χ3v) is 2.72. The maximum atomic E-state index is 11.7. The van der Waals surface area contributed by atoms with Crippen LogP contribution in [0.2, 0.25) is 0 Å². The molecule has 0 heterocycles. The van der Waals surface area contributed by atoms with Gasteiger partial charge in [0.2, 0.25) is 5.91 Å². The summed E-state index contributed by atoms with van der Waals surface area (Å²) in [6, 6.07) is 0.404. The van der Waals surface area contributed by atoms with Crippen LogP contribution in [0.4, 0.5) is 0 Å². The van der Waals surface area contributed by atoms with Crippen LogP contribution in [-0.2, 0) is 9.53 Å². The summed E-state index contributed by atoms with van der Waals surface area (Å²) in [5.74, 6) is 0.0739. The van der Waals surface area contributed by atoms with E-state index in [-0.39, 0.29) is 12.5 Å². The van der Waals surface area contributed by atoms with E-state index in [1.807, 2.05) is 4.90 Å². The van der Waals surface area contributed by atoms with Gasteiger partial charge in [0.25, 0.3) is 0 Å². The molecule has 0 saturated heterocycles. The zero-order valence-corrected chi connectivity index (χ0v) is 8.87. The molecule has 4 heteroatoms. The molecule has 0 aromatic carbocycles. The van der Waals surface area contributed by atoms with Gasteiger partial charge in [-0.1, -0.05) is 12.8 Å². The van der Waals surface area contributed by atoms with Crippen molar-refractivity contribution in [3.8, 4) is 0 Å². The van der Waals surface area contributed by atoms with Crippen molar-refractivity contribution in [3.63, 3.8) is 0 Å². The molecule has 0 aliphatic heterocycles. The van der Waals surface area contributed by atoms with Gasteiger partial charge in [-0.15, -0.1) is 0 Å². The highest BCUT2D eigenvalue weighted by atomic mass is 16.5. The molecule has 1 aliphatic rings. The van der Waals surface area contributed by atoms with E-state index in [0.29, 0.717) is 19.1 Å². The fourth-order valence-electron chi connectivity index (χ4n) is 2.07. The molecule has 0 radical (unpaired) electrons. The van der Waals surface area contributed by atoms with Gasteiger partial charge < -0.3 is 15.4 Å². The fourth-order valence-corrected chi connectivity index (χ4v) is 2.07. The van der Waals surface area contributed by atoms with Crippen LogP contribution in [0.5, 0.6) is 0 Å². The third-order valence-electron chi connectivity index (χ3n) is 2.72. The SMILES string of the molecule is COCC(=O)N(CCN)C1CCCC1. The number of hydrogen-bond donors (Lipinski definition) is 1. The Morgan fingerprint density at radius 1 is 1.50 bits per heavy atom. The number of rotatable bonds is 5. The van der Waals surface area contributed by atoms with E-state index in [9.17, 15) is 4.79 Å². The first-order valence-corrected chi connectivity index (χ1v) is 5.28. The average molecular weight is 200 g/mol. The summed E-state index contributed by atoms with van der Waals surface area (Å²) in [5.41, 5.74) is 5.50. The summed E-state index contributed by atoms with van der Waals surface area (Å²) in [5, 5.41) is 0. The van der Waals surface area contributed by atoms with Crippen LogP contribution < -0.4 is 5.73 Å². The Morgan fingerprint density at radius 3 is 2.64 bits per heavy atom. The summed E-state index contributed by atoms with van der Waals surface area (Å²) >= 11 is 0. The van der Waals surface area contributed by atoms with Crippen molar-refractivity contribution in [2.24, 2.45) is 5.73 Å². The van der Waals surface area contributed by atoms with E-state index in [0.717, 1.165) is 12.8 Å². The number of carbonyl (C=O) groups excluding carboxylic acids is 1. The lowest BCUT2D eigenvalue weighted by atomic mass is 10.2. The Labute approximate surface area is 85.4 Å². The Bertz CT molecular complexity index is 179. The second-order valence-electron chi connectivity index (χ2n) is 3.75. The summed E-state index contributed by atoms with van der Waals surface area (Å²) in [7, 11) is 1.55. The number of amides is 1. The number of carbonyl (C=O) groups is 1. The quantitative estimate of drug-likeness (QED) is 0.697. The number of nitrogens with zero attached hydrogens (tertiary/aromatic N) is 1. The molecule has 0 aromatic rings. The van der Waals surface area contributed by atoms with Gasteiger partial charge in [0.1, 0.15) is 6.61 Å². The summed E-state index contributed by atoms with van der Waals surface area (Å²) in [4.78, 5) is 13.6. The van der Waals surface area contributed by atoms with Gasteiger partial charge in [-0.25, -0.2) is 0 Å². The van der Waals surface area contributed by atoms with Crippen LogP contribution in [0.1, 0.15) is 25.7 Å². The van der Waals surface area contributed by atoms with Gasteiger partial charge in [-0.2, -0.15) is 0 Å². The molecule has 1 fully saturated rings. The third kappa shape index (κ3) is 2.96. The molecule has 0 aromatic heterocycles. The maximum absolute atomic E-state index is 11.7. The topological polar surface area (TPSA) is 55.6 Å². The number of methoxy groups -OCH3 is 1. The van der Waals surface area contributed by atoms with E-state index in [1.54, 1.807) is 7.11 Å². The first kappa shape index (κ1) is 11.5. The average Bonchev–Trinajstić information content (AvgIpc) is 2.67. The Kier molecular flexibility index (Phi) is 4.90. The van der Waals surface area contributed by atoms with Crippen LogP contribution in [0.3, 0.4) is 0 Å². The normalized spacial score (nSPS) is 17.3. The highest BCUT2D eigenvalue weighted by Crippen LogP contribution is 2.23. The van der Waals surface area contributed by atoms with E-state index in [2.05, 4.69) is 0 Å². The molecule has 4 nitrogen and oxygen atoms in total. The molecule has 14 heavy (non-hydrogen) atoms. The monoisotopic (exact) mass is 200 g/mol. The Balaban J connectivity index is 2.48. The fraction of sp³-hybridized carbons (Fsp3) is 0.900. The molecule has 0 atom stereocenters. The lowest BCUT2D eigenvalue weighted by Gasteiger charge is -2.28. The molecule has 2 N–H and O–H groups in total. The number of ether oxygens (including phenoxy) is 1. The molecule has 1 saturated carbocycles. The van der Waals surface area contributed by atoms with Crippen LogP contribution in [0.15, 0.2) is 0 Å².